The molecular weight excluding hydrogens is 308 g/mol. The van der Waals surface area contributed by atoms with Crippen LogP contribution in [0.25, 0.3) is 0 Å². The molecule has 0 heterocycles. The van der Waals surface area contributed by atoms with Crippen molar-refractivity contribution in [2.45, 2.75) is 105 Å². The number of unbranched alkanes of at least 4 members (excludes halogenated alkanes) is 8. The molecule has 0 N–H and O–H groups in total. The molecule has 0 spiro atoms. The second kappa shape index (κ2) is 16.4. The summed E-state index contributed by atoms with van der Waals surface area (Å²) in [7, 11) is 0. The lowest BCUT2D eigenvalue weighted by molar-refractivity contribution is -0.146. The van der Waals surface area contributed by atoms with Crippen molar-refractivity contribution in [2.24, 2.45) is 5.41 Å². The molecule has 0 aromatic heterocycles. The van der Waals surface area contributed by atoms with Gasteiger partial charge in [-0.25, -0.2) is 0 Å². The second-order valence-corrected chi connectivity index (χ2v) is 8.20. The maximum absolute atomic E-state index is 11.6. The fourth-order valence-electron chi connectivity index (χ4n) is 2.45. The lowest BCUT2D eigenvalue weighted by Gasteiger charge is -2.17. The van der Waals surface area contributed by atoms with Gasteiger partial charge in [0.05, 0.1) is 6.61 Å². The van der Waals surface area contributed by atoms with E-state index in [0.29, 0.717) is 13.0 Å². The third kappa shape index (κ3) is 20.9. The Labute approximate surface area is 157 Å². The summed E-state index contributed by atoms with van der Waals surface area (Å²) in [6.07, 6.45) is 23.0. The summed E-state index contributed by atoms with van der Waals surface area (Å²) in [6.45, 7) is 9.01. The van der Waals surface area contributed by atoms with Gasteiger partial charge in [0.25, 0.3) is 0 Å². The maximum atomic E-state index is 11.6. The molecule has 0 aliphatic carbocycles. The maximum Gasteiger partial charge on any atom is 0.305 e. The van der Waals surface area contributed by atoms with Crippen LogP contribution in [0.4, 0.5) is 0 Å². The number of esters is 1. The number of rotatable bonds is 15. The highest BCUT2D eigenvalue weighted by molar-refractivity contribution is 5.69. The summed E-state index contributed by atoms with van der Waals surface area (Å²) in [4.78, 5) is 11.6. The van der Waals surface area contributed by atoms with Gasteiger partial charge in [0.1, 0.15) is 0 Å². The van der Waals surface area contributed by atoms with Gasteiger partial charge < -0.3 is 4.74 Å². The molecule has 0 fully saturated rings. The molecule has 0 atom stereocenters. The fourth-order valence-corrected chi connectivity index (χ4v) is 2.45. The Bertz CT molecular complexity index is 361. The zero-order chi connectivity index (χ0) is 18.8. The molecule has 0 rings (SSSR count). The van der Waals surface area contributed by atoms with Crippen molar-refractivity contribution in [3.8, 4) is 0 Å². The zero-order valence-corrected chi connectivity index (χ0v) is 17.3. The first-order valence-corrected chi connectivity index (χ1v) is 10.4. The molecule has 25 heavy (non-hydrogen) atoms. The minimum atomic E-state index is -0.0411. The van der Waals surface area contributed by atoms with Gasteiger partial charge in [0.15, 0.2) is 0 Å². The van der Waals surface area contributed by atoms with Crippen LogP contribution >= 0.6 is 0 Å². The molecule has 0 unspecified atom stereocenters. The van der Waals surface area contributed by atoms with Crippen molar-refractivity contribution in [1.29, 1.82) is 0 Å². The summed E-state index contributed by atoms with van der Waals surface area (Å²) in [5.41, 5.74) is 0.0635. The third-order valence-electron chi connectivity index (χ3n) is 4.00. The summed E-state index contributed by atoms with van der Waals surface area (Å²) >= 11 is 0. The average molecular weight is 351 g/mol. The van der Waals surface area contributed by atoms with Crippen LogP contribution < -0.4 is 0 Å². The zero-order valence-electron chi connectivity index (χ0n) is 17.3. The molecule has 2 nitrogen and oxygen atoms in total. The highest BCUT2D eigenvalue weighted by Gasteiger charge is 2.13. The SMILES string of the molecule is CCCCC/C=C\C/C=C\CCCCCCCC(=O)OCC(C)(C)C. The quantitative estimate of drug-likeness (QED) is 0.175. The average Bonchev–Trinajstić information content (AvgIpc) is 2.56. The molecule has 0 saturated heterocycles. The molecule has 0 saturated carbocycles. The number of allylic oxidation sites excluding steroid dienone is 4. The van der Waals surface area contributed by atoms with E-state index in [1.54, 1.807) is 0 Å². The molecule has 2 heteroatoms. The van der Waals surface area contributed by atoms with Gasteiger partial charge in [0, 0.05) is 6.42 Å². The second-order valence-electron chi connectivity index (χ2n) is 8.20. The van der Waals surface area contributed by atoms with E-state index in [1.807, 2.05) is 0 Å². The molecule has 0 bridgehead atoms. The smallest absolute Gasteiger partial charge is 0.305 e. The van der Waals surface area contributed by atoms with Gasteiger partial charge in [-0.3, -0.25) is 4.79 Å². The lowest BCUT2D eigenvalue weighted by atomic mass is 9.99. The Balaban J connectivity index is 3.33. The van der Waals surface area contributed by atoms with Crippen molar-refractivity contribution >= 4 is 5.97 Å². The summed E-state index contributed by atoms with van der Waals surface area (Å²) in [5.74, 6) is -0.0411. The van der Waals surface area contributed by atoms with Crippen LogP contribution in [0.2, 0.25) is 0 Å². The van der Waals surface area contributed by atoms with Gasteiger partial charge in [-0.05, 0) is 43.9 Å². The fraction of sp³-hybridized carbons (Fsp3) is 0.783. The first-order valence-electron chi connectivity index (χ1n) is 10.4. The van der Waals surface area contributed by atoms with Crippen LogP contribution in [0.15, 0.2) is 24.3 Å². The normalized spacial score (nSPS) is 12.3. The Kier molecular flexibility index (Phi) is 15.7. The van der Waals surface area contributed by atoms with Crippen LogP contribution in [0, 0.1) is 5.41 Å². The predicted molar refractivity (Wildman–Crippen MR) is 110 cm³/mol. The first kappa shape index (κ1) is 23.9. The molecule has 0 radical (unpaired) electrons. The number of hydrogen-bond donors (Lipinski definition) is 0. The topological polar surface area (TPSA) is 26.3 Å². The van der Waals surface area contributed by atoms with Crippen molar-refractivity contribution in [2.75, 3.05) is 6.61 Å². The van der Waals surface area contributed by atoms with Crippen molar-refractivity contribution in [1.82, 2.24) is 0 Å². The molecule has 0 aromatic carbocycles. The van der Waals surface area contributed by atoms with E-state index in [1.165, 1.54) is 51.4 Å². The van der Waals surface area contributed by atoms with E-state index in [-0.39, 0.29) is 11.4 Å². The van der Waals surface area contributed by atoms with Crippen LogP contribution in [0.3, 0.4) is 0 Å². The van der Waals surface area contributed by atoms with E-state index in [2.05, 4.69) is 52.0 Å². The van der Waals surface area contributed by atoms with Gasteiger partial charge in [0.2, 0.25) is 0 Å². The Morgan fingerprint density at radius 3 is 1.96 bits per heavy atom. The lowest BCUT2D eigenvalue weighted by Crippen LogP contribution is -2.18. The van der Waals surface area contributed by atoms with Crippen molar-refractivity contribution in [3.05, 3.63) is 24.3 Å². The van der Waals surface area contributed by atoms with Gasteiger partial charge in [-0.2, -0.15) is 0 Å². The van der Waals surface area contributed by atoms with Gasteiger partial charge >= 0.3 is 5.97 Å². The summed E-state index contributed by atoms with van der Waals surface area (Å²) in [6, 6.07) is 0. The number of carbonyl (C=O) groups excluding carboxylic acids is 1. The molecule has 146 valence electrons. The predicted octanol–water partition coefficient (Wildman–Crippen LogP) is 7.39. The molecule has 0 aliphatic rings. The van der Waals surface area contributed by atoms with Crippen LogP contribution in [-0.4, -0.2) is 12.6 Å². The minimum Gasteiger partial charge on any atom is -0.465 e. The minimum absolute atomic E-state index is 0.0411. The number of carbonyl (C=O) groups is 1. The van der Waals surface area contributed by atoms with Crippen LogP contribution in [-0.2, 0) is 9.53 Å². The molecular formula is C23H42O2. The van der Waals surface area contributed by atoms with E-state index >= 15 is 0 Å². The Morgan fingerprint density at radius 1 is 0.800 bits per heavy atom. The third-order valence-corrected chi connectivity index (χ3v) is 4.00. The van der Waals surface area contributed by atoms with E-state index < -0.39 is 0 Å². The molecule has 0 aliphatic heterocycles. The van der Waals surface area contributed by atoms with Crippen molar-refractivity contribution in [3.63, 3.8) is 0 Å². The standard InChI is InChI=1S/C23H42O2/c1-5-6-7-8-9-10-11-12-13-14-15-16-17-18-19-20-22(24)25-21-23(2,3)4/h9-10,12-13H,5-8,11,14-21H2,1-4H3/b10-9-,13-12-. The molecule has 0 aromatic rings. The van der Waals surface area contributed by atoms with Crippen LogP contribution in [0.5, 0.6) is 0 Å². The Hall–Kier alpha value is -1.05. The van der Waals surface area contributed by atoms with E-state index in [9.17, 15) is 4.79 Å². The highest BCUT2D eigenvalue weighted by atomic mass is 16.5. The van der Waals surface area contributed by atoms with E-state index in [4.69, 9.17) is 4.74 Å². The van der Waals surface area contributed by atoms with Gasteiger partial charge in [-0.1, -0.05) is 84.1 Å². The highest BCUT2D eigenvalue weighted by Crippen LogP contribution is 2.14. The van der Waals surface area contributed by atoms with Gasteiger partial charge in [-0.15, -0.1) is 0 Å². The largest absolute Gasteiger partial charge is 0.465 e. The number of ether oxygens (including phenoxy) is 1. The summed E-state index contributed by atoms with van der Waals surface area (Å²) in [5, 5.41) is 0. The first-order chi connectivity index (χ1) is 12.0. The summed E-state index contributed by atoms with van der Waals surface area (Å²) < 4.78 is 5.27. The monoisotopic (exact) mass is 350 g/mol. The van der Waals surface area contributed by atoms with Crippen LogP contribution in [0.1, 0.15) is 105 Å². The van der Waals surface area contributed by atoms with E-state index in [0.717, 1.165) is 19.3 Å². The Morgan fingerprint density at radius 2 is 1.36 bits per heavy atom. The number of hydrogen-bond acceptors (Lipinski definition) is 2. The molecule has 0 amide bonds. The van der Waals surface area contributed by atoms with Crippen molar-refractivity contribution < 1.29 is 9.53 Å².